The molecule has 3 aromatic rings. The van der Waals surface area contributed by atoms with Gasteiger partial charge in [0.15, 0.2) is 0 Å². The monoisotopic (exact) mass is 414 g/mol. The largest absolute Gasteiger partial charge is 0.492 e. The lowest BCUT2D eigenvalue weighted by Gasteiger charge is -2.18. The second kappa shape index (κ2) is 7.77. The Hall–Kier alpha value is -3.27. The summed E-state index contributed by atoms with van der Waals surface area (Å²) in [5.41, 5.74) is 8.82. The number of benzene rings is 3. The first-order valence-corrected chi connectivity index (χ1v) is 10.8. The van der Waals surface area contributed by atoms with Crippen LogP contribution in [0.25, 0.3) is 11.1 Å². The Labute approximate surface area is 182 Å². The molecule has 3 aromatic carbocycles. The normalized spacial score (nSPS) is 18.9. The molecule has 0 saturated carbocycles. The molecule has 0 saturated heterocycles. The van der Waals surface area contributed by atoms with Crippen LogP contribution in [0, 0.1) is 13.8 Å². The average molecular weight is 415 g/mol. The van der Waals surface area contributed by atoms with Gasteiger partial charge in [0.1, 0.15) is 17.6 Å². The number of hydrogen-bond acceptors (Lipinski definition) is 3. The van der Waals surface area contributed by atoms with E-state index in [9.17, 15) is 4.79 Å². The predicted molar refractivity (Wildman–Crippen MR) is 120 cm³/mol. The first kappa shape index (κ1) is 19.7. The van der Waals surface area contributed by atoms with E-state index < -0.39 is 5.97 Å². The lowest BCUT2D eigenvalue weighted by atomic mass is 9.91. The number of carboxylic acid groups (broad SMARTS) is 1. The van der Waals surface area contributed by atoms with Crippen molar-refractivity contribution < 1.29 is 19.4 Å². The molecule has 1 aliphatic heterocycles. The first-order chi connectivity index (χ1) is 15.0. The highest BCUT2D eigenvalue weighted by Gasteiger charge is 2.29. The fraction of sp³-hybridized carbons (Fsp3) is 0.296. The van der Waals surface area contributed by atoms with Crippen LogP contribution in [-0.4, -0.2) is 17.7 Å². The van der Waals surface area contributed by atoms with E-state index in [1.807, 2.05) is 18.2 Å². The molecular formula is C27H26O4. The van der Waals surface area contributed by atoms with E-state index in [0.717, 1.165) is 29.9 Å². The number of aliphatic carboxylic acids is 1. The zero-order valence-corrected chi connectivity index (χ0v) is 17.9. The Morgan fingerprint density at radius 1 is 1.06 bits per heavy atom. The molecular weight excluding hydrogens is 388 g/mol. The number of ether oxygens (including phenoxy) is 2. The minimum Gasteiger partial charge on any atom is -0.492 e. The van der Waals surface area contributed by atoms with Crippen LogP contribution >= 0.6 is 0 Å². The minimum absolute atomic E-state index is 0.00791. The van der Waals surface area contributed by atoms with E-state index in [2.05, 4.69) is 50.2 Å². The zero-order valence-electron chi connectivity index (χ0n) is 17.9. The molecule has 5 rings (SSSR count). The topological polar surface area (TPSA) is 55.8 Å². The van der Waals surface area contributed by atoms with Crippen molar-refractivity contribution in [1.82, 2.24) is 0 Å². The Bertz CT molecular complexity index is 1140. The number of carboxylic acids is 1. The zero-order chi connectivity index (χ0) is 21.5. The molecule has 0 amide bonds. The fourth-order valence-electron chi connectivity index (χ4n) is 5.09. The van der Waals surface area contributed by atoms with Gasteiger partial charge in [-0.1, -0.05) is 42.5 Å². The highest BCUT2D eigenvalue weighted by molar-refractivity contribution is 5.75. The summed E-state index contributed by atoms with van der Waals surface area (Å²) in [7, 11) is 0. The van der Waals surface area contributed by atoms with Crippen LogP contribution in [0.15, 0.2) is 54.6 Å². The molecule has 0 bridgehead atoms. The number of hydrogen-bond donors (Lipinski definition) is 1. The third kappa shape index (κ3) is 3.56. The lowest BCUT2D eigenvalue weighted by molar-refractivity contribution is -0.137. The van der Waals surface area contributed by atoms with Crippen molar-refractivity contribution in [2.24, 2.45) is 0 Å². The number of aryl methyl sites for hydroxylation is 2. The van der Waals surface area contributed by atoms with Crippen molar-refractivity contribution in [3.8, 4) is 22.6 Å². The van der Waals surface area contributed by atoms with Crippen LogP contribution in [-0.2, 0) is 11.2 Å². The second-order valence-electron chi connectivity index (χ2n) is 8.59. The lowest BCUT2D eigenvalue weighted by Crippen LogP contribution is -2.07. The summed E-state index contributed by atoms with van der Waals surface area (Å²) in [6.45, 7) is 4.76. The van der Waals surface area contributed by atoms with E-state index >= 15 is 0 Å². The Balaban J connectivity index is 1.42. The van der Waals surface area contributed by atoms with Crippen LogP contribution in [0.3, 0.4) is 0 Å². The molecule has 1 aliphatic carbocycles. The first-order valence-electron chi connectivity index (χ1n) is 10.8. The van der Waals surface area contributed by atoms with Crippen LogP contribution in [0.2, 0.25) is 0 Å². The molecule has 4 heteroatoms. The average Bonchev–Trinajstić information content (AvgIpc) is 3.32. The van der Waals surface area contributed by atoms with E-state index in [1.165, 1.54) is 33.4 Å². The van der Waals surface area contributed by atoms with Gasteiger partial charge in [0.2, 0.25) is 0 Å². The quantitative estimate of drug-likeness (QED) is 0.557. The van der Waals surface area contributed by atoms with Gasteiger partial charge < -0.3 is 14.6 Å². The molecule has 0 spiro atoms. The van der Waals surface area contributed by atoms with E-state index in [0.29, 0.717) is 6.61 Å². The molecule has 2 aliphatic rings. The predicted octanol–water partition coefficient (Wildman–Crippen LogP) is 5.99. The maximum atomic E-state index is 11.1. The molecule has 0 radical (unpaired) electrons. The van der Waals surface area contributed by atoms with Crippen molar-refractivity contribution in [1.29, 1.82) is 0 Å². The van der Waals surface area contributed by atoms with Crippen molar-refractivity contribution in [2.75, 3.05) is 6.61 Å². The Morgan fingerprint density at radius 3 is 2.61 bits per heavy atom. The van der Waals surface area contributed by atoms with Gasteiger partial charge in [0.25, 0.3) is 0 Å². The fourth-order valence-corrected chi connectivity index (χ4v) is 5.09. The summed E-state index contributed by atoms with van der Waals surface area (Å²) in [6, 6.07) is 18.8. The summed E-state index contributed by atoms with van der Waals surface area (Å²) < 4.78 is 12.1. The van der Waals surface area contributed by atoms with Gasteiger partial charge in [0, 0.05) is 17.5 Å². The molecule has 1 N–H and O–H groups in total. The van der Waals surface area contributed by atoms with Crippen molar-refractivity contribution in [3.05, 3.63) is 82.4 Å². The molecule has 31 heavy (non-hydrogen) atoms. The number of carbonyl (C=O) groups is 1. The van der Waals surface area contributed by atoms with Crippen molar-refractivity contribution in [2.45, 2.75) is 45.1 Å². The molecule has 1 heterocycles. The summed E-state index contributed by atoms with van der Waals surface area (Å²) in [4.78, 5) is 11.1. The van der Waals surface area contributed by atoms with E-state index in [1.54, 1.807) is 0 Å². The van der Waals surface area contributed by atoms with Gasteiger partial charge in [-0.2, -0.15) is 0 Å². The molecule has 4 nitrogen and oxygen atoms in total. The SMILES string of the molecule is Cc1cccc(C)c1-c1cccc2c1CC[C@H]2Oc1ccc2c(c1)OCC2CC(=O)O. The van der Waals surface area contributed by atoms with Gasteiger partial charge in [-0.3, -0.25) is 4.79 Å². The Kier molecular flexibility index (Phi) is 4.93. The Morgan fingerprint density at radius 2 is 1.84 bits per heavy atom. The third-order valence-corrected chi connectivity index (χ3v) is 6.53. The highest BCUT2D eigenvalue weighted by atomic mass is 16.5. The molecule has 0 aromatic heterocycles. The van der Waals surface area contributed by atoms with Gasteiger partial charge in [-0.15, -0.1) is 0 Å². The third-order valence-electron chi connectivity index (χ3n) is 6.53. The van der Waals surface area contributed by atoms with Gasteiger partial charge in [-0.05, 0) is 66.1 Å². The minimum atomic E-state index is -0.802. The number of rotatable bonds is 5. The molecule has 1 unspecified atom stereocenters. The summed E-state index contributed by atoms with van der Waals surface area (Å²) in [5.74, 6) is 0.619. The van der Waals surface area contributed by atoms with E-state index in [-0.39, 0.29) is 18.4 Å². The standard InChI is InChI=1S/C27H26O4/c1-16-5-3-6-17(2)27(16)23-8-4-7-22-21(23)11-12-24(22)31-19-9-10-20-18(13-26(28)29)15-30-25(20)14-19/h3-10,14,18,24H,11-13,15H2,1-2H3,(H,28,29)/t18?,24-/m1/s1. The highest BCUT2D eigenvalue weighted by Crippen LogP contribution is 2.43. The molecule has 0 fully saturated rings. The van der Waals surface area contributed by atoms with Crippen LogP contribution < -0.4 is 9.47 Å². The second-order valence-corrected chi connectivity index (χ2v) is 8.59. The van der Waals surface area contributed by atoms with Gasteiger partial charge in [-0.25, -0.2) is 0 Å². The summed E-state index contributed by atoms with van der Waals surface area (Å²) >= 11 is 0. The van der Waals surface area contributed by atoms with Crippen molar-refractivity contribution >= 4 is 5.97 Å². The summed E-state index contributed by atoms with van der Waals surface area (Å²) in [5, 5.41) is 9.10. The summed E-state index contributed by atoms with van der Waals surface area (Å²) in [6.07, 6.45) is 2.03. The van der Waals surface area contributed by atoms with Crippen LogP contribution in [0.1, 0.15) is 52.7 Å². The molecule has 2 atom stereocenters. The maximum absolute atomic E-state index is 11.1. The number of fused-ring (bicyclic) bond motifs is 2. The maximum Gasteiger partial charge on any atom is 0.304 e. The van der Waals surface area contributed by atoms with Crippen molar-refractivity contribution in [3.63, 3.8) is 0 Å². The van der Waals surface area contributed by atoms with E-state index in [4.69, 9.17) is 14.6 Å². The molecule has 158 valence electrons. The van der Waals surface area contributed by atoms with Crippen LogP contribution in [0.4, 0.5) is 0 Å². The smallest absolute Gasteiger partial charge is 0.304 e. The van der Waals surface area contributed by atoms with Gasteiger partial charge >= 0.3 is 5.97 Å². The van der Waals surface area contributed by atoms with Gasteiger partial charge in [0.05, 0.1) is 13.0 Å². The van der Waals surface area contributed by atoms with Crippen LogP contribution in [0.5, 0.6) is 11.5 Å².